The Balaban J connectivity index is 1.89. The van der Waals surface area contributed by atoms with Crippen molar-refractivity contribution >= 4 is 17.7 Å². The quantitative estimate of drug-likeness (QED) is 0.848. The fourth-order valence-corrected chi connectivity index (χ4v) is 2.62. The Labute approximate surface area is 115 Å². The Morgan fingerprint density at radius 3 is 2.84 bits per heavy atom. The maximum atomic E-state index is 5.61. The van der Waals surface area contributed by atoms with Crippen molar-refractivity contribution in [2.24, 2.45) is 0 Å². The number of nitrogen functional groups attached to an aromatic ring is 1. The summed E-state index contributed by atoms with van der Waals surface area (Å²) >= 11 is 1.53. The summed E-state index contributed by atoms with van der Waals surface area (Å²) in [5, 5.41) is 0.851. The fraction of sp³-hybridized carbons (Fsp3) is 0.231. The molecule has 5 nitrogen and oxygen atoms in total. The van der Waals surface area contributed by atoms with E-state index >= 15 is 0 Å². The lowest BCUT2D eigenvalue weighted by Gasteiger charge is -2.18. The average Bonchev–Trinajstić information content (AvgIpc) is 2.43. The molecule has 3 rings (SSSR count). The van der Waals surface area contributed by atoms with Gasteiger partial charge in [-0.1, -0.05) is 11.8 Å². The van der Waals surface area contributed by atoms with Gasteiger partial charge in [0.15, 0.2) is 11.5 Å². The minimum absolute atomic E-state index is 0.283. The maximum absolute atomic E-state index is 5.61. The second kappa shape index (κ2) is 4.97. The van der Waals surface area contributed by atoms with Gasteiger partial charge in [0.05, 0.1) is 0 Å². The van der Waals surface area contributed by atoms with Crippen molar-refractivity contribution in [2.45, 2.75) is 16.8 Å². The molecule has 1 aromatic heterocycles. The number of aromatic nitrogens is 2. The van der Waals surface area contributed by atoms with Gasteiger partial charge < -0.3 is 15.2 Å². The molecule has 1 aliphatic rings. The molecule has 0 radical (unpaired) electrons. The number of anilines is 1. The van der Waals surface area contributed by atoms with Crippen LogP contribution in [0.2, 0.25) is 0 Å². The Kier molecular flexibility index (Phi) is 3.16. The highest BCUT2D eigenvalue weighted by atomic mass is 32.2. The van der Waals surface area contributed by atoms with Crippen LogP contribution in [0.5, 0.6) is 11.5 Å². The number of nitrogens with zero attached hydrogens (tertiary/aromatic N) is 2. The topological polar surface area (TPSA) is 70.3 Å². The van der Waals surface area contributed by atoms with Gasteiger partial charge in [0, 0.05) is 16.7 Å². The van der Waals surface area contributed by atoms with Gasteiger partial charge in [0.1, 0.15) is 18.2 Å². The summed E-state index contributed by atoms with van der Waals surface area (Å²) < 4.78 is 11.1. The van der Waals surface area contributed by atoms with Gasteiger partial charge >= 0.3 is 0 Å². The van der Waals surface area contributed by atoms with Crippen LogP contribution in [-0.4, -0.2) is 23.2 Å². The van der Waals surface area contributed by atoms with Gasteiger partial charge in [0.2, 0.25) is 5.95 Å². The monoisotopic (exact) mass is 275 g/mol. The van der Waals surface area contributed by atoms with Gasteiger partial charge in [-0.05, 0) is 25.1 Å². The largest absolute Gasteiger partial charge is 0.486 e. The Bertz CT molecular complexity index is 619. The van der Waals surface area contributed by atoms with Crippen molar-refractivity contribution < 1.29 is 9.47 Å². The normalized spacial score (nSPS) is 13.3. The van der Waals surface area contributed by atoms with Gasteiger partial charge in [-0.15, -0.1) is 0 Å². The summed E-state index contributed by atoms with van der Waals surface area (Å²) in [6, 6.07) is 5.85. The van der Waals surface area contributed by atoms with E-state index in [1.165, 1.54) is 11.8 Å². The Morgan fingerprint density at radius 2 is 2.00 bits per heavy atom. The number of benzene rings is 1. The molecule has 19 heavy (non-hydrogen) atoms. The molecule has 0 saturated heterocycles. The third-order valence-electron chi connectivity index (χ3n) is 2.67. The van der Waals surface area contributed by atoms with E-state index < -0.39 is 0 Å². The lowest BCUT2D eigenvalue weighted by Crippen LogP contribution is -2.15. The van der Waals surface area contributed by atoms with Crippen LogP contribution in [0.4, 0.5) is 5.95 Å². The van der Waals surface area contributed by atoms with Crippen LogP contribution < -0.4 is 15.2 Å². The molecule has 0 bridgehead atoms. The number of hydrogen-bond donors (Lipinski definition) is 1. The van der Waals surface area contributed by atoms with Gasteiger partial charge in [-0.2, -0.15) is 0 Å². The maximum Gasteiger partial charge on any atom is 0.221 e. The van der Waals surface area contributed by atoms with E-state index in [-0.39, 0.29) is 5.95 Å². The first kappa shape index (κ1) is 12.1. The smallest absolute Gasteiger partial charge is 0.221 e. The molecule has 1 aromatic carbocycles. The first-order valence-electron chi connectivity index (χ1n) is 5.89. The lowest BCUT2D eigenvalue weighted by molar-refractivity contribution is 0.171. The van der Waals surface area contributed by atoms with E-state index in [0.717, 1.165) is 27.0 Å². The van der Waals surface area contributed by atoms with E-state index in [9.17, 15) is 0 Å². The number of ether oxygens (including phenoxy) is 2. The second-order valence-corrected chi connectivity index (χ2v) is 5.19. The number of nitrogens with two attached hydrogens (primary N) is 1. The highest BCUT2D eigenvalue weighted by Crippen LogP contribution is 2.37. The van der Waals surface area contributed by atoms with Gasteiger partial charge in [-0.25, -0.2) is 9.97 Å². The lowest BCUT2D eigenvalue weighted by atomic mass is 10.3. The number of hydrogen-bond acceptors (Lipinski definition) is 6. The minimum atomic E-state index is 0.283. The van der Waals surface area contributed by atoms with E-state index in [4.69, 9.17) is 15.2 Å². The first-order valence-corrected chi connectivity index (χ1v) is 6.70. The zero-order valence-corrected chi connectivity index (χ0v) is 11.2. The molecule has 2 heterocycles. The summed E-state index contributed by atoms with van der Waals surface area (Å²) in [4.78, 5) is 9.23. The molecule has 1 aliphatic heterocycles. The van der Waals surface area contributed by atoms with Crippen LogP contribution in [0.3, 0.4) is 0 Å². The molecule has 0 unspecified atom stereocenters. The van der Waals surface area contributed by atoms with Crippen molar-refractivity contribution in [3.8, 4) is 11.5 Å². The van der Waals surface area contributed by atoms with E-state index in [2.05, 4.69) is 9.97 Å². The number of fused-ring (bicyclic) bond motifs is 1. The van der Waals surface area contributed by atoms with E-state index in [1.54, 1.807) is 6.20 Å². The van der Waals surface area contributed by atoms with Crippen molar-refractivity contribution in [1.29, 1.82) is 0 Å². The van der Waals surface area contributed by atoms with Crippen molar-refractivity contribution in [3.63, 3.8) is 0 Å². The molecule has 6 heteroatoms. The molecule has 2 aromatic rings. The standard InChI is InChI=1S/C13H13N3O2S/c1-8-7-15-13(14)16-12(8)19-9-2-3-10-11(6-9)18-5-4-17-10/h2-3,6-7H,4-5H2,1H3,(H2,14,15,16). The van der Waals surface area contributed by atoms with Crippen LogP contribution in [0, 0.1) is 6.92 Å². The van der Waals surface area contributed by atoms with Crippen molar-refractivity contribution in [3.05, 3.63) is 30.0 Å². The minimum Gasteiger partial charge on any atom is -0.486 e. The van der Waals surface area contributed by atoms with Gasteiger partial charge in [-0.3, -0.25) is 0 Å². The zero-order valence-electron chi connectivity index (χ0n) is 10.4. The number of rotatable bonds is 2. The molecule has 0 spiro atoms. The molecule has 0 atom stereocenters. The molecule has 0 fully saturated rings. The second-order valence-electron chi connectivity index (χ2n) is 4.12. The van der Waals surface area contributed by atoms with Crippen LogP contribution >= 0.6 is 11.8 Å². The SMILES string of the molecule is Cc1cnc(N)nc1Sc1ccc2c(c1)OCCO2. The van der Waals surface area contributed by atoms with Crippen LogP contribution in [0.25, 0.3) is 0 Å². The molecule has 98 valence electrons. The number of aryl methyl sites for hydroxylation is 1. The molecule has 0 aliphatic carbocycles. The summed E-state index contributed by atoms with van der Waals surface area (Å²) in [6.07, 6.45) is 1.72. The van der Waals surface area contributed by atoms with Crippen LogP contribution in [0.15, 0.2) is 34.3 Å². The molecule has 0 amide bonds. The van der Waals surface area contributed by atoms with E-state index in [1.807, 2.05) is 25.1 Å². The molecule has 2 N–H and O–H groups in total. The first-order chi connectivity index (χ1) is 9.22. The molecular formula is C13H13N3O2S. The zero-order chi connectivity index (χ0) is 13.2. The average molecular weight is 275 g/mol. The Hall–Kier alpha value is -1.95. The summed E-state index contributed by atoms with van der Waals surface area (Å²) in [5.41, 5.74) is 6.61. The van der Waals surface area contributed by atoms with Gasteiger partial charge in [0.25, 0.3) is 0 Å². The third kappa shape index (κ3) is 2.58. The van der Waals surface area contributed by atoms with Crippen molar-refractivity contribution in [2.75, 3.05) is 18.9 Å². The summed E-state index contributed by atoms with van der Waals surface area (Å²) in [6.45, 7) is 3.14. The molecular weight excluding hydrogens is 262 g/mol. The third-order valence-corrected chi connectivity index (χ3v) is 3.77. The summed E-state index contributed by atoms with van der Waals surface area (Å²) in [5.74, 6) is 1.84. The molecule has 0 saturated carbocycles. The summed E-state index contributed by atoms with van der Waals surface area (Å²) in [7, 11) is 0. The van der Waals surface area contributed by atoms with Crippen LogP contribution in [0.1, 0.15) is 5.56 Å². The predicted molar refractivity (Wildman–Crippen MR) is 72.7 cm³/mol. The Morgan fingerprint density at radius 1 is 1.21 bits per heavy atom. The highest BCUT2D eigenvalue weighted by Gasteiger charge is 2.13. The van der Waals surface area contributed by atoms with E-state index in [0.29, 0.717) is 13.2 Å². The van der Waals surface area contributed by atoms with Crippen LogP contribution in [-0.2, 0) is 0 Å². The fourth-order valence-electron chi connectivity index (χ4n) is 1.74. The highest BCUT2D eigenvalue weighted by molar-refractivity contribution is 7.99. The van der Waals surface area contributed by atoms with Crippen molar-refractivity contribution in [1.82, 2.24) is 9.97 Å². The predicted octanol–water partition coefficient (Wildman–Crippen LogP) is 2.29.